The van der Waals surface area contributed by atoms with E-state index >= 15 is 0 Å². The highest BCUT2D eigenvalue weighted by Crippen LogP contribution is 2.37. The Morgan fingerprint density at radius 2 is 1.85 bits per heavy atom. The lowest BCUT2D eigenvalue weighted by molar-refractivity contribution is 0.0823. The molecule has 0 saturated carbocycles. The molecule has 0 saturated heterocycles. The second-order valence-electron chi connectivity index (χ2n) is 9.18. The number of phenols is 1. The minimum atomic E-state index is -1.79. The Morgan fingerprint density at radius 1 is 1.18 bits per heavy atom. The summed E-state index contributed by atoms with van der Waals surface area (Å²) in [5.74, 6) is 0.129. The van der Waals surface area contributed by atoms with E-state index < -0.39 is 11.2 Å². The summed E-state index contributed by atoms with van der Waals surface area (Å²) in [6.07, 6.45) is 0.593. The first-order valence-corrected chi connectivity index (χ1v) is 12.6. The summed E-state index contributed by atoms with van der Waals surface area (Å²) in [6, 6.07) is 7.53. The van der Waals surface area contributed by atoms with Crippen LogP contribution in [0.15, 0.2) is 33.1 Å². The van der Waals surface area contributed by atoms with Gasteiger partial charge >= 0.3 is 0 Å². The second kappa shape index (κ2) is 9.64. The maximum atomic E-state index is 12.7. The molecule has 178 valence electrons. The molecule has 1 aliphatic heterocycles. The summed E-state index contributed by atoms with van der Waals surface area (Å²) < 4.78 is 20.5. The first kappa shape index (κ1) is 24.9. The number of benzene rings is 1. The standard InChI is InChI=1S/C23H31N5O3S2/c1-8-14-10-11-15(18(29)17(14)22(30)28(6)7)24-20-21(27-33(31)26-20)25-19(23(3,4)5)16-12-9-13(2)32-16/h9-12,19,29H,8H2,1-7H3,(H,24,26)(H,25,27)/t19-,33?/m0/s1. The lowest BCUT2D eigenvalue weighted by atomic mass is 9.85. The third-order valence-electron chi connectivity index (χ3n) is 5.27. The second-order valence-corrected chi connectivity index (χ2v) is 11.3. The largest absolute Gasteiger partial charge is 0.505 e. The van der Waals surface area contributed by atoms with Gasteiger partial charge in [0, 0.05) is 23.8 Å². The van der Waals surface area contributed by atoms with E-state index in [-0.39, 0.29) is 34.5 Å². The lowest BCUT2D eigenvalue weighted by Crippen LogP contribution is -2.41. The van der Waals surface area contributed by atoms with Gasteiger partial charge in [-0.25, -0.2) is 4.21 Å². The number of phenolic OH excluding ortho intramolecular Hbond substituents is 1. The molecule has 8 nitrogen and oxygen atoms in total. The Labute approximate surface area is 201 Å². The topological polar surface area (TPSA) is 106 Å². The highest BCUT2D eigenvalue weighted by molar-refractivity contribution is 7.83. The highest BCUT2D eigenvalue weighted by Gasteiger charge is 2.32. The van der Waals surface area contributed by atoms with E-state index in [4.69, 9.17) is 0 Å². The number of nitrogens with zero attached hydrogens (tertiary/aromatic N) is 3. The number of amidine groups is 2. The van der Waals surface area contributed by atoms with Crippen LogP contribution >= 0.6 is 11.3 Å². The fourth-order valence-electron chi connectivity index (χ4n) is 3.52. The molecular formula is C23H31N5O3S2. The van der Waals surface area contributed by atoms with Gasteiger partial charge < -0.3 is 20.6 Å². The van der Waals surface area contributed by atoms with Crippen molar-refractivity contribution in [3.05, 3.63) is 45.1 Å². The van der Waals surface area contributed by atoms with Gasteiger partial charge in [0.25, 0.3) is 17.1 Å². The minimum absolute atomic E-state index is 0.0982. The van der Waals surface area contributed by atoms with Crippen molar-refractivity contribution in [2.24, 2.45) is 14.2 Å². The van der Waals surface area contributed by atoms with E-state index in [1.807, 2.05) is 6.92 Å². The van der Waals surface area contributed by atoms with Crippen LogP contribution in [0.2, 0.25) is 0 Å². The molecule has 1 aromatic heterocycles. The van der Waals surface area contributed by atoms with Crippen LogP contribution in [-0.4, -0.2) is 45.9 Å². The molecule has 1 aromatic carbocycles. The molecule has 1 aliphatic rings. The molecular weight excluding hydrogens is 458 g/mol. The molecule has 0 fully saturated rings. The molecule has 3 rings (SSSR count). The normalized spacial score (nSPS) is 16.8. The zero-order valence-electron chi connectivity index (χ0n) is 20.0. The Kier molecular flexibility index (Phi) is 7.28. The summed E-state index contributed by atoms with van der Waals surface area (Å²) in [5.41, 5.74) is 1.11. The first-order chi connectivity index (χ1) is 15.4. The number of carbonyl (C=O) groups is 1. The van der Waals surface area contributed by atoms with Crippen molar-refractivity contribution in [1.82, 2.24) is 10.2 Å². The summed E-state index contributed by atoms with van der Waals surface area (Å²) in [5, 5.41) is 17.4. The molecule has 0 radical (unpaired) electrons. The molecule has 2 aromatic rings. The molecule has 0 aliphatic carbocycles. The Morgan fingerprint density at radius 3 is 2.39 bits per heavy atom. The predicted molar refractivity (Wildman–Crippen MR) is 137 cm³/mol. The SMILES string of the molecule is CCc1ccc(NC2=NS(=O)N=C2N[C@@H](c2ccc(C)s2)C(C)(C)C)c(O)c1C(=O)N(C)C. The number of hydrogen-bond acceptors (Lipinski definition) is 6. The van der Waals surface area contributed by atoms with Gasteiger partial charge in [0.15, 0.2) is 17.4 Å². The lowest BCUT2D eigenvalue weighted by Gasteiger charge is -2.31. The molecule has 10 heteroatoms. The molecule has 2 heterocycles. The van der Waals surface area contributed by atoms with Crippen molar-refractivity contribution in [2.45, 2.75) is 47.1 Å². The van der Waals surface area contributed by atoms with Crippen molar-refractivity contribution < 1.29 is 14.1 Å². The third kappa shape index (κ3) is 5.44. The van der Waals surface area contributed by atoms with Gasteiger partial charge in [-0.15, -0.1) is 20.1 Å². The van der Waals surface area contributed by atoms with E-state index in [9.17, 15) is 14.1 Å². The van der Waals surface area contributed by atoms with Crippen LogP contribution in [0.5, 0.6) is 5.75 Å². The summed E-state index contributed by atoms with van der Waals surface area (Å²) in [6.45, 7) is 10.3. The number of anilines is 1. The third-order valence-corrected chi connectivity index (χ3v) is 7.02. The fourth-order valence-corrected chi connectivity index (χ4v) is 5.32. The minimum Gasteiger partial charge on any atom is -0.505 e. The number of amides is 1. The number of thiophene rings is 1. The number of nitrogens with one attached hydrogen (secondary N) is 2. The smallest absolute Gasteiger partial charge is 0.269 e. The quantitative estimate of drug-likeness (QED) is 0.546. The van der Waals surface area contributed by atoms with Gasteiger partial charge in [-0.3, -0.25) is 4.79 Å². The maximum absolute atomic E-state index is 12.7. The number of aryl methyl sites for hydroxylation is 2. The van der Waals surface area contributed by atoms with E-state index in [2.05, 4.69) is 59.3 Å². The molecule has 33 heavy (non-hydrogen) atoms. The van der Waals surface area contributed by atoms with Gasteiger partial charge in [0.05, 0.1) is 17.3 Å². The monoisotopic (exact) mass is 489 g/mol. The van der Waals surface area contributed by atoms with E-state index in [1.54, 1.807) is 37.6 Å². The van der Waals surface area contributed by atoms with Gasteiger partial charge in [0.2, 0.25) is 0 Å². The molecule has 0 bridgehead atoms. The fraction of sp³-hybridized carbons (Fsp3) is 0.435. The predicted octanol–water partition coefficient (Wildman–Crippen LogP) is 4.20. The number of carbonyl (C=O) groups excluding carboxylic acids is 1. The van der Waals surface area contributed by atoms with E-state index in [0.717, 1.165) is 10.4 Å². The van der Waals surface area contributed by atoms with Gasteiger partial charge in [0.1, 0.15) is 0 Å². The molecule has 1 amide bonds. The van der Waals surface area contributed by atoms with Gasteiger partial charge in [-0.05, 0) is 42.5 Å². The number of rotatable bonds is 5. The van der Waals surface area contributed by atoms with Crippen LogP contribution in [0.25, 0.3) is 0 Å². The van der Waals surface area contributed by atoms with E-state index in [0.29, 0.717) is 17.9 Å². The Balaban J connectivity index is 1.94. The van der Waals surface area contributed by atoms with Gasteiger partial charge in [-0.2, -0.15) is 0 Å². The highest BCUT2D eigenvalue weighted by atomic mass is 32.2. The number of aromatic hydroxyl groups is 1. The van der Waals surface area contributed by atoms with Crippen molar-refractivity contribution in [1.29, 1.82) is 0 Å². The van der Waals surface area contributed by atoms with Gasteiger partial charge in [-0.1, -0.05) is 33.8 Å². The van der Waals surface area contributed by atoms with Crippen LogP contribution in [0.3, 0.4) is 0 Å². The van der Waals surface area contributed by atoms with Crippen LogP contribution in [-0.2, 0) is 17.6 Å². The molecule has 2 atom stereocenters. The van der Waals surface area contributed by atoms with E-state index in [1.165, 1.54) is 9.78 Å². The number of hydrogen-bond donors (Lipinski definition) is 3. The summed E-state index contributed by atoms with van der Waals surface area (Å²) in [4.78, 5) is 16.4. The van der Waals surface area contributed by atoms with Crippen molar-refractivity contribution in [3.8, 4) is 5.75 Å². The summed E-state index contributed by atoms with van der Waals surface area (Å²) >= 11 is -0.0969. The van der Waals surface area contributed by atoms with Crippen molar-refractivity contribution in [2.75, 3.05) is 19.4 Å². The molecule has 1 unspecified atom stereocenters. The zero-order chi connectivity index (χ0) is 24.5. The van der Waals surface area contributed by atoms with Crippen LogP contribution in [0.1, 0.15) is 59.4 Å². The molecule has 0 spiro atoms. The Bertz CT molecular complexity index is 1150. The van der Waals surface area contributed by atoms with Crippen molar-refractivity contribution >= 4 is 45.8 Å². The zero-order valence-corrected chi connectivity index (χ0v) is 21.6. The van der Waals surface area contributed by atoms with Crippen LogP contribution < -0.4 is 10.6 Å². The average Bonchev–Trinajstić information content (AvgIpc) is 3.30. The first-order valence-electron chi connectivity index (χ1n) is 10.7. The van der Waals surface area contributed by atoms with Crippen LogP contribution in [0.4, 0.5) is 5.69 Å². The average molecular weight is 490 g/mol. The summed E-state index contributed by atoms with van der Waals surface area (Å²) in [7, 11) is 3.28. The Hall–Kier alpha value is -2.72. The van der Waals surface area contributed by atoms with Crippen LogP contribution in [0, 0.1) is 12.3 Å². The van der Waals surface area contributed by atoms with Crippen molar-refractivity contribution in [3.63, 3.8) is 0 Å². The maximum Gasteiger partial charge on any atom is 0.269 e. The molecule has 3 N–H and O–H groups in total.